The van der Waals surface area contributed by atoms with Crippen LogP contribution in [0.2, 0.25) is 5.02 Å². The Bertz CT molecular complexity index is 1490. The smallest absolute Gasteiger partial charge is 0.314 e. The van der Waals surface area contributed by atoms with Crippen LogP contribution in [0.15, 0.2) is 71.3 Å². The number of rotatable bonds is 4. The summed E-state index contributed by atoms with van der Waals surface area (Å²) >= 11 is 6.46. The predicted molar refractivity (Wildman–Crippen MR) is 134 cm³/mol. The van der Waals surface area contributed by atoms with Gasteiger partial charge in [0.05, 0.1) is 16.5 Å². The second-order valence-electron chi connectivity index (χ2n) is 8.91. The Balaban J connectivity index is 1.69. The molecule has 1 fully saturated rings. The second-order valence-corrected chi connectivity index (χ2v) is 11.3. The molecule has 8 heteroatoms. The number of esters is 1. The number of allylic oxidation sites excluding steroid dienone is 1. The average molecular weight is 510 g/mol. The third-order valence-corrected chi connectivity index (χ3v) is 8.85. The van der Waals surface area contributed by atoms with E-state index in [4.69, 9.17) is 16.3 Å². The number of carbonyl (C=O) groups excluding carboxylic acids is 2. The maximum atomic E-state index is 13.8. The van der Waals surface area contributed by atoms with Crippen LogP contribution in [0.25, 0.3) is 16.5 Å². The molecule has 0 spiro atoms. The molecule has 0 bridgehead atoms. The molecule has 0 N–H and O–H groups in total. The lowest BCUT2D eigenvalue weighted by atomic mass is 9.89. The molecule has 0 atom stereocenters. The highest BCUT2D eigenvalue weighted by atomic mass is 35.5. The van der Waals surface area contributed by atoms with Gasteiger partial charge < -0.3 is 4.74 Å². The molecule has 1 saturated carbocycles. The van der Waals surface area contributed by atoms with Crippen molar-refractivity contribution >= 4 is 49.9 Å². The molecule has 1 heterocycles. The van der Waals surface area contributed by atoms with E-state index in [0.29, 0.717) is 12.8 Å². The zero-order valence-corrected chi connectivity index (χ0v) is 20.7. The minimum absolute atomic E-state index is 0.0422. The van der Waals surface area contributed by atoms with E-state index in [1.54, 1.807) is 18.2 Å². The number of fused-ring (bicyclic) bond motifs is 2. The van der Waals surface area contributed by atoms with Gasteiger partial charge in [-0.1, -0.05) is 73.3 Å². The maximum Gasteiger partial charge on any atom is 0.314 e. The van der Waals surface area contributed by atoms with Gasteiger partial charge in [0.2, 0.25) is 5.78 Å². The van der Waals surface area contributed by atoms with E-state index in [9.17, 15) is 18.0 Å². The van der Waals surface area contributed by atoms with E-state index in [1.165, 1.54) is 25.2 Å². The number of carbonyl (C=O) groups is 2. The Morgan fingerprint density at radius 3 is 2.40 bits per heavy atom. The number of benzene rings is 3. The molecule has 0 radical (unpaired) electrons. The monoisotopic (exact) mass is 509 g/mol. The second kappa shape index (κ2) is 9.13. The lowest BCUT2D eigenvalue weighted by molar-refractivity contribution is -0.142. The number of halogens is 1. The summed E-state index contributed by atoms with van der Waals surface area (Å²) in [5, 5.41) is 1.87. The van der Waals surface area contributed by atoms with Crippen molar-refractivity contribution in [2.75, 3.05) is 7.05 Å². The Morgan fingerprint density at radius 2 is 1.66 bits per heavy atom. The van der Waals surface area contributed by atoms with Crippen LogP contribution in [-0.2, 0) is 19.6 Å². The summed E-state index contributed by atoms with van der Waals surface area (Å²) in [7, 11) is -2.81. The van der Waals surface area contributed by atoms with E-state index in [2.05, 4.69) is 0 Å². The number of ketones is 1. The maximum absolute atomic E-state index is 13.8. The first-order valence-corrected chi connectivity index (χ1v) is 13.4. The molecule has 3 aromatic carbocycles. The zero-order valence-electron chi connectivity index (χ0n) is 19.2. The van der Waals surface area contributed by atoms with Crippen molar-refractivity contribution in [2.24, 2.45) is 5.92 Å². The quantitative estimate of drug-likeness (QED) is 0.328. The van der Waals surface area contributed by atoms with Crippen molar-refractivity contribution in [3.05, 3.63) is 82.5 Å². The first kappa shape index (κ1) is 23.6. The molecule has 0 unspecified atom stereocenters. The van der Waals surface area contributed by atoms with Crippen LogP contribution in [0.3, 0.4) is 0 Å². The molecule has 3 aromatic rings. The Morgan fingerprint density at radius 1 is 0.943 bits per heavy atom. The van der Waals surface area contributed by atoms with Gasteiger partial charge in [0, 0.05) is 12.6 Å². The minimum Gasteiger partial charge on any atom is -0.423 e. The molecule has 0 saturated heterocycles. The summed E-state index contributed by atoms with van der Waals surface area (Å²) in [5.41, 5.74) is 0.0908. The molecule has 0 amide bonds. The molecule has 5 rings (SSSR count). The molecule has 1 aliphatic heterocycles. The number of nitrogens with zero attached hydrogens (tertiary/aromatic N) is 1. The molecule has 35 heavy (non-hydrogen) atoms. The van der Waals surface area contributed by atoms with Crippen LogP contribution in [0.1, 0.15) is 48.0 Å². The van der Waals surface area contributed by atoms with E-state index in [1.807, 2.05) is 24.3 Å². The van der Waals surface area contributed by atoms with Crippen LogP contribution >= 0.6 is 11.6 Å². The molecular formula is C27H24ClNO5S. The number of hydrogen-bond donors (Lipinski definition) is 0. The number of Topliss-reactive ketones (excluding diaryl/α,β-unsaturated/α-hetero) is 1. The van der Waals surface area contributed by atoms with Crippen molar-refractivity contribution in [1.82, 2.24) is 4.31 Å². The van der Waals surface area contributed by atoms with Crippen molar-refractivity contribution in [1.29, 1.82) is 0 Å². The summed E-state index contributed by atoms with van der Waals surface area (Å²) in [6.07, 6.45) is 4.31. The topological polar surface area (TPSA) is 80.8 Å². The van der Waals surface area contributed by atoms with Crippen LogP contribution in [0, 0.1) is 5.92 Å². The molecule has 6 nitrogen and oxygen atoms in total. The van der Waals surface area contributed by atoms with Gasteiger partial charge in [-0.15, -0.1) is 0 Å². The first-order valence-electron chi connectivity index (χ1n) is 11.6. The van der Waals surface area contributed by atoms with Crippen LogP contribution in [-0.4, -0.2) is 31.5 Å². The largest absolute Gasteiger partial charge is 0.423 e. The van der Waals surface area contributed by atoms with E-state index < -0.39 is 21.8 Å². The molecular weight excluding hydrogens is 486 g/mol. The lowest BCUT2D eigenvalue weighted by Gasteiger charge is -2.31. The first-order chi connectivity index (χ1) is 16.8. The van der Waals surface area contributed by atoms with E-state index >= 15 is 0 Å². The Labute approximate surface area is 209 Å². The summed E-state index contributed by atoms with van der Waals surface area (Å²) in [6.45, 7) is 0. The summed E-state index contributed by atoms with van der Waals surface area (Å²) < 4.78 is 33.5. The highest BCUT2D eigenvalue weighted by Gasteiger charge is 2.41. The number of ether oxygens (including phenoxy) is 1. The number of sulfonamides is 1. The van der Waals surface area contributed by atoms with Crippen molar-refractivity contribution in [2.45, 2.75) is 37.0 Å². The fraction of sp³-hybridized carbons (Fsp3) is 0.259. The fourth-order valence-corrected chi connectivity index (χ4v) is 6.53. The minimum atomic E-state index is -4.10. The van der Waals surface area contributed by atoms with E-state index in [0.717, 1.165) is 34.3 Å². The molecule has 2 aliphatic rings. The predicted octanol–water partition coefficient (Wildman–Crippen LogP) is 5.80. The van der Waals surface area contributed by atoms with Gasteiger partial charge in [0.25, 0.3) is 10.0 Å². The van der Waals surface area contributed by atoms with Gasteiger partial charge in [-0.2, -0.15) is 0 Å². The van der Waals surface area contributed by atoms with Crippen LogP contribution in [0.4, 0.5) is 0 Å². The van der Waals surface area contributed by atoms with Gasteiger partial charge >= 0.3 is 5.97 Å². The molecule has 180 valence electrons. The van der Waals surface area contributed by atoms with Gasteiger partial charge in [-0.25, -0.2) is 8.42 Å². The van der Waals surface area contributed by atoms with E-state index in [-0.39, 0.29) is 38.4 Å². The molecule has 1 aliphatic carbocycles. The summed E-state index contributed by atoms with van der Waals surface area (Å²) in [4.78, 5) is 26.9. The van der Waals surface area contributed by atoms with Gasteiger partial charge in [0.1, 0.15) is 10.6 Å². The lowest BCUT2D eigenvalue weighted by Crippen LogP contribution is -2.36. The van der Waals surface area contributed by atoms with Crippen molar-refractivity contribution < 1.29 is 22.7 Å². The van der Waals surface area contributed by atoms with Crippen molar-refractivity contribution in [3.8, 4) is 0 Å². The molecule has 0 aromatic heterocycles. The van der Waals surface area contributed by atoms with Crippen molar-refractivity contribution in [3.63, 3.8) is 0 Å². The standard InChI is InChI=1S/C27H24ClNO5S/c1-29-24(25(30)20-15-14-17-8-5-6-11-19(17)16-20)26(34-27(31)18-9-3-2-4-10-18)23-21(28)12-7-13-22(23)35(29,32)33/h5-8,11-16,18H,2-4,9-10H2,1H3. The van der Waals surface area contributed by atoms with Gasteiger partial charge in [0.15, 0.2) is 5.76 Å². The highest BCUT2D eigenvalue weighted by Crippen LogP contribution is 2.42. The number of likely N-dealkylation sites (N-methyl/N-ethyl adjacent to an activating group) is 1. The van der Waals surface area contributed by atoms with Gasteiger partial charge in [-0.05, 0) is 41.8 Å². The third kappa shape index (κ3) is 4.13. The Hall–Kier alpha value is -3.16. The SMILES string of the molecule is CN1C(C(=O)c2ccc3ccccc3c2)=C(OC(=O)C2CCCCC2)c2c(Cl)cccc2S1(=O)=O. The third-order valence-electron chi connectivity index (χ3n) is 6.74. The zero-order chi connectivity index (χ0) is 24.7. The average Bonchev–Trinajstić information content (AvgIpc) is 2.87. The van der Waals surface area contributed by atoms with Crippen LogP contribution in [0.5, 0.6) is 0 Å². The number of hydrogen-bond acceptors (Lipinski definition) is 5. The van der Waals surface area contributed by atoms with Crippen LogP contribution < -0.4 is 0 Å². The summed E-state index contributed by atoms with van der Waals surface area (Å²) in [5.74, 6) is -1.46. The van der Waals surface area contributed by atoms with Gasteiger partial charge in [-0.3, -0.25) is 13.9 Å². The normalized spacial score (nSPS) is 17.8. The highest BCUT2D eigenvalue weighted by molar-refractivity contribution is 7.89. The Kier molecular flexibility index (Phi) is 6.15. The summed E-state index contributed by atoms with van der Waals surface area (Å²) in [6, 6.07) is 17.1. The fourth-order valence-electron chi connectivity index (χ4n) is 4.80.